The molecule has 0 saturated heterocycles. The molecule has 0 heterocycles. The number of ether oxygens (including phenoxy) is 1. The van der Waals surface area contributed by atoms with Crippen LogP contribution in [-0.2, 0) is 4.79 Å². The lowest BCUT2D eigenvalue weighted by Gasteiger charge is -2.04. The van der Waals surface area contributed by atoms with Crippen LogP contribution >= 0.6 is 0 Å². The summed E-state index contributed by atoms with van der Waals surface area (Å²) in [5.41, 5.74) is 0.961. The molecule has 2 rings (SSSR count). The first-order valence-electron chi connectivity index (χ1n) is 5.16. The number of aliphatic hydroxyl groups excluding tert-OH is 1. The number of aliphatic hydroxyl groups is 1. The molecule has 0 radical (unpaired) electrons. The highest BCUT2D eigenvalue weighted by Crippen LogP contribution is 2.24. The second-order valence-electron chi connectivity index (χ2n) is 3.63. The third-order valence-electron chi connectivity index (χ3n) is 2.65. The molecule has 2 aromatic carbocycles. The maximum absolute atomic E-state index is 10.7. The molecular formula is C14H12O3. The van der Waals surface area contributed by atoms with Gasteiger partial charge < -0.3 is 9.84 Å². The van der Waals surface area contributed by atoms with Gasteiger partial charge in [0.25, 0.3) is 0 Å². The fraction of sp³-hybridized carbons (Fsp3) is 0.0714. The monoisotopic (exact) mass is 228 g/mol. The van der Waals surface area contributed by atoms with Crippen LogP contribution in [0.15, 0.2) is 42.7 Å². The zero-order valence-corrected chi connectivity index (χ0v) is 9.38. The first-order valence-corrected chi connectivity index (χ1v) is 5.16. The first kappa shape index (κ1) is 11.2. The van der Waals surface area contributed by atoms with E-state index in [1.54, 1.807) is 13.2 Å². The topological polar surface area (TPSA) is 46.5 Å². The number of carbonyl (C=O) groups is 1. The molecule has 0 aromatic heterocycles. The molecule has 3 heteroatoms. The molecule has 0 bridgehead atoms. The molecular weight excluding hydrogens is 216 g/mol. The molecule has 0 aliphatic rings. The van der Waals surface area contributed by atoms with Crippen molar-refractivity contribution in [3.05, 3.63) is 48.2 Å². The lowest BCUT2D eigenvalue weighted by Crippen LogP contribution is -1.87. The average Bonchev–Trinajstić information content (AvgIpc) is 2.39. The van der Waals surface area contributed by atoms with Crippen molar-refractivity contribution in [1.29, 1.82) is 0 Å². The summed E-state index contributed by atoms with van der Waals surface area (Å²) in [5, 5.41) is 10.9. The van der Waals surface area contributed by atoms with Gasteiger partial charge in [0.05, 0.1) is 18.9 Å². The van der Waals surface area contributed by atoms with E-state index in [0.717, 1.165) is 22.8 Å². The Labute approximate surface area is 99.0 Å². The minimum absolute atomic E-state index is 0.266. The molecule has 0 unspecified atom stereocenters. The SMILES string of the molecule is COc1ccc2cc(/C(C=O)=C/O)ccc2c1. The predicted molar refractivity (Wildman–Crippen MR) is 67.2 cm³/mol. The summed E-state index contributed by atoms with van der Waals surface area (Å²) in [6.07, 6.45) is 1.45. The summed E-state index contributed by atoms with van der Waals surface area (Å²) in [6.45, 7) is 0. The van der Waals surface area contributed by atoms with Gasteiger partial charge in [-0.25, -0.2) is 0 Å². The molecule has 0 amide bonds. The number of fused-ring (bicyclic) bond motifs is 1. The Morgan fingerprint density at radius 3 is 2.53 bits per heavy atom. The molecule has 0 spiro atoms. The second-order valence-corrected chi connectivity index (χ2v) is 3.63. The summed E-state index contributed by atoms with van der Waals surface area (Å²) in [4.78, 5) is 10.7. The maximum atomic E-state index is 10.7. The zero-order valence-electron chi connectivity index (χ0n) is 9.38. The van der Waals surface area contributed by atoms with Crippen LogP contribution in [0.3, 0.4) is 0 Å². The van der Waals surface area contributed by atoms with Crippen molar-refractivity contribution in [3.63, 3.8) is 0 Å². The Morgan fingerprint density at radius 2 is 1.88 bits per heavy atom. The van der Waals surface area contributed by atoms with E-state index in [2.05, 4.69) is 0 Å². The fourth-order valence-corrected chi connectivity index (χ4v) is 1.70. The Hall–Kier alpha value is -2.29. The number of hydrogen-bond acceptors (Lipinski definition) is 3. The minimum atomic E-state index is 0.266. The molecule has 0 saturated carbocycles. The van der Waals surface area contributed by atoms with Gasteiger partial charge in [0.15, 0.2) is 6.29 Å². The lowest BCUT2D eigenvalue weighted by atomic mass is 10.0. The van der Waals surface area contributed by atoms with Gasteiger partial charge in [-0.2, -0.15) is 0 Å². The highest BCUT2D eigenvalue weighted by Gasteiger charge is 2.02. The van der Waals surface area contributed by atoms with Gasteiger partial charge >= 0.3 is 0 Å². The number of carbonyl (C=O) groups excluding carboxylic acids is 1. The number of methoxy groups -OCH3 is 1. The van der Waals surface area contributed by atoms with E-state index < -0.39 is 0 Å². The number of hydrogen-bond donors (Lipinski definition) is 1. The fourth-order valence-electron chi connectivity index (χ4n) is 1.70. The Kier molecular flexibility index (Phi) is 3.10. The van der Waals surface area contributed by atoms with E-state index in [-0.39, 0.29) is 5.57 Å². The van der Waals surface area contributed by atoms with Gasteiger partial charge in [-0.1, -0.05) is 18.2 Å². The molecule has 1 N–H and O–H groups in total. The Morgan fingerprint density at radius 1 is 1.18 bits per heavy atom. The third kappa shape index (κ3) is 2.13. The summed E-state index contributed by atoms with van der Waals surface area (Å²) in [6, 6.07) is 11.2. The molecule has 0 fully saturated rings. The summed E-state index contributed by atoms with van der Waals surface area (Å²) < 4.78 is 5.13. The van der Waals surface area contributed by atoms with Crippen molar-refractivity contribution in [2.45, 2.75) is 0 Å². The molecule has 2 aromatic rings. The van der Waals surface area contributed by atoms with Crippen molar-refractivity contribution in [1.82, 2.24) is 0 Å². The lowest BCUT2D eigenvalue weighted by molar-refractivity contribution is -0.103. The van der Waals surface area contributed by atoms with Gasteiger partial charge in [0.1, 0.15) is 5.75 Å². The van der Waals surface area contributed by atoms with Crippen LogP contribution in [0, 0.1) is 0 Å². The quantitative estimate of drug-likeness (QED) is 0.499. The van der Waals surface area contributed by atoms with Gasteiger partial charge in [0, 0.05) is 0 Å². The molecule has 0 aliphatic carbocycles. The van der Waals surface area contributed by atoms with Crippen molar-refractivity contribution >= 4 is 22.6 Å². The van der Waals surface area contributed by atoms with Gasteiger partial charge in [-0.05, 0) is 34.5 Å². The van der Waals surface area contributed by atoms with Crippen LogP contribution in [0.4, 0.5) is 0 Å². The summed E-state index contributed by atoms with van der Waals surface area (Å²) in [5.74, 6) is 0.790. The molecule has 86 valence electrons. The van der Waals surface area contributed by atoms with Gasteiger partial charge in [-0.15, -0.1) is 0 Å². The van der Waals surface area contributed by atoms with Crippen molar-refractivity contribution < 1.29 is 14.6 Å². The standard InChI is InChI=1S/C14H12O3/c1-17-14-5-4-10-6-11(13(8-15)9-16)2-3-12(10)7-14/h2-9,15H,1H3/b13-8+. The largest absolute Gasteiger partial charge is 0.515 e. The second kappa shape index (κ2) is 4.70. The highest BCUT2D eigenvalue weighted by atomic mass is 16.5. The first-order chi connectivity index (χ1) is 8.28. The maximum Gasteiger partial charge on any atom is 0.153 e. The molecule has 0 aliphatic heterocycles. The third-order valence-corrected chi connectivity index (χ3v) is 2.65. The predicted octanol–water partition coefficient (Wildman–Crippen LogP) is 2.95. The van der Waals surface area contributed by atoms with Gasteiger partial charge in [-0.3, -0.25) is 4.79 Å². The van der Waals surface area contributed by atoms with Crippen LogP contribution in [0.25, 0.3) is 16.3 Å². The number of benzene rings is 2. The Balaban J connectivity index is 2.55. The zero-order chi connectivity index (χ0) is 12.3. The smallest absolute Gasteiger partial charge is 0.153 e. The van der Waals surface area contributed by atoms with Crippen LogP contribution < -0.4 is 4.74 Å². The minimum Gasteiger partial charge on any atom is -0.515 e. The van der Waals surface area contributed by atoms with Crippen LogP contribution in [0.5, 0.6) is 5.75 Å². The van der Waals surface area contributed by atoms with Gasteiger partial charge in [0.2, 0.25) is 0 Å². The van der Waals surface area contributed by atoms with Crippen molar-refractivity contribution in [2.24, 2.45) is 0 Å². The number of aldehydes is 1. The number of allylic oxidation sites excluding steroid dienone is 1. The van der Waals surface area contributed by atoms with E-state index in [9.17, 15) is 4.79 Å². The molecule has 3 nitrogen and oxygen atoms in total. The van der Waals surface area contributed by atoms with Crippen LogP contribution in [0.2, 0.25) is 0 Å². The van der Waals surface area contributed by atoms with Crippen molar-refractivity contribution in [3.8, 4) is 5.75 Å². The van der Waals surface area contributed by atoms with Crippen LogP contribution in [0.1, 0.15) is 5.56 Å². The van der Waals surface area contributed by atoms with Crippen LogP contribution in [-0.4, -0.2) is 18.5 Å². The summed E-state index contributed by atoms with van der Waals surface area (Å²) >= 11 is 0. The van der Waals surface area contributed by atoms with Crippen molar-refractivity contribution in [2.75, 3.05) is 7.11 Å². The van der Waals surface area contributed by atoms with E-state index in [1.165, 1.54) is 0 Å². The molecule has 17 heavy (non-hydrogen) atoms. The highest BCUT2D eigenvalue weighted by molar-refractivity contribution is 6.07. The van der Waals surface area contributed by atoms with E-state index in [0.29, 0.717) is 11.8 Å². The van der Waals surface area contributed by atoms with E-state index in [1.807, 2.05) is 30.3 Å². The Bertz CT molecular complexity index is 585. The average molecular weight is 228 g/mol. The summed E-state index contributed by atoms with van der Waals surface area (Å²) in [7, 11) is 1.62. The van der Waals surface area contributed by atoms with E-state index in [4.69, 9.17) is 9.84 Å². The number of rotatable bonds is 3. The normalized spacial score (nSPS) is 11.5. The van der Waals surface area contributed by atoms with E-state index >= 15 is 0 Å². The molecule has 0 atom stereocenters.